The van der Waals surface area contributed by atoms with Crippen molar-refractivity contribution in [3.8, 4) is 0 Å². The van der Waals surface area contributed by atoms with E-state index < -0.39 is 40.9 Å². The molecule has 1 aromatic heterocycles. The van der Waals surface area contributed by atoms with Gasteiger partial charge in [0, 0.05) is 11.8 Å². The average molecular weight is 466 g/mol. The molecule has 0 saturated carbocycles. The standard InChI is InChI=1S/C10H17N2O13P3/c1-6-5-11(8-4-3-7(2)22-8)10(14)12(9(6)13)23-27(18,19)25-28(20,21)24-26(15,16)17/h5,7-8H,3-4H2,1-2H3,(H,18,19)(H,20,21)(H2,15,16,17)/t7-,8-/m1/s1. The molecule has 4 atom stereocenters. The van der Waals surface area contributed by atoms with Crippen LogP contribution in [-0.2, 0) is 27.1 Å². The second-order valence-electron chi connectivity index (χ2n) is 5.75. The Hall–Kier alpha value is -1.11. The van der Waals surface area contributed by atoms with E-state index in [0.29, 0.717) is 12.8 Å². The quantitative estimate of drug-likeness (QED) is 0.383. The van der Waals surface area contributed by atoms with Crippen molar-refractivity contribution in [3.05, 3.63) is 32.6 Å². The minimum absolute atomic E-state index is 0.110. The van der Waals surface area contributed by atoms with Crippen molar-refractivity contribution in [2.24, 2.45) is 0 Å². The van der Waals surface area contributed by atoms with Gasteiger partial charge in [-0.15, -0.1) is 0 Å². The van der Waals surface area contributed by atoms with E-state index in [1.165, 1.54) is 6.92 Å². The monoisotopic (exact) mass is 466 g/mol. The van der Waals surface area contributed by atoms with Gasteiger partial charge in [-0.05, 0) is 26.7 Å². The molecule has 2 unspecified atom stereocenters. The van der Waals surface area contributed by atoms with Crippen molar-refractivity contribution in [2.45, 2.75) is 39.0 Å². The van der Waals surface area contributed by atoms with Gasteiger partial charge in [0.15, 0.2) is 0 Å². The van der Waals surface area contributed by atoms with Gasteiger partial charge in [0.25, 0.3) is 5.56 Å². The molecule has 0 aliphatic carbocycles. The number of hydrogen-bond acceptors (Lipinski definition) is 9. The van der Waals surface area contributed by atoms with Gasteiger partial charge in [0.1, 0.15) is 6.23 Å². The highest BCUT2D eigenvalue weighted by atomic mass is 31.3. The molecule has 1 aliphatic rings. The van der Waals surface area contributed by atoms with E-state index in [4.69, 9.17) is 19.4 Å². The summed E-state index contributed by atoms with van der Waals surface area (Å²) in [6.45, 7) is 3.01. The van der Waals surface area contributed by atoms with E-state index in [2.05, 4.69) is 13.2 Å². The van der Waals surface area contributed by atoms with E-state index in [1.54, 1.807) is 6.92 Å². The number of hydrogen-bond donors (Lipinski definition) is 4. The molecule has 160 valence electrons. The smallest absolute Gasteiger partial charge is 0.355 e. The third-order valence-corrected chi connectivity index (χ3v) is 7.07. The van der Waals surface area contributed by atoms with E-state index >= 15 is 0 Å². The van der Waals surface area contributed by atoms with Crippen molar-refractivity contribution < 1.29 is 51.3 Å². The highest BCUT2D eigenvalue weighted by Crippen LogP contribution is 2.65. The molecule has 0 amide bonds. The van der Waals surface area contributed by atoms with E-state index in [0.717, 1.165) is 10.8 Å². The number of rotatable bonds is 7. The summed E-state index contributed by atoms with van der Waals surface area (Å²) in [6, 6.07) is 0. The highest BCUT2D eigenvalue weighted by molar-refractivity contribution is 7.66. The van der Waals surface area contributed by atoms with Crippen LogP contribution in [0.5, 0.6) is 0 Å². The molecule has 0 bridgehead atoms. The van der Waals surface area contributed by atoms with E-state index in [-0.39, 0.29) is 16.4 Å². The van der Waals surface area contributed by atoms with Gasteiger partial charge >= 0.3 is 29.2 Å². The third kappa shape index (κ3) is 5.94. The molecule has 1 saturated heterocycles. The summed E-state index contributed by atoms with van der Waals surface area (Å²) >= 11 is 0. The summed E-state index contributed by atoms with van der Waals surface area (Å²) in [7, 11) is -17.1. The Bertz CT molecular complexity index is 1010. The minimum Gasteiger partial charge on any atom is -0.355 e. The molecule has 1 fully saturated rings. The Kier molecular flexibility index (Phi) is 6.59. The molecule has 2 heterocycles. The fraction of sp³-hybridized carbons (Fsp3) is 0.600. The molecule has 28 heavy (non-hydrogen) atoms. The van der Waals surface area contributed by atoms with Gasteiger partial charge < -0.3 is 24.0 Å². The molecule has 1 aliphatic heterocycles. The molecular weight excluding hydrogens is 449 g/mol. The van der Waals surface area contributed by atoms with E-state index in [9.17, 15) is 28.2 Å². The molecule has 15 nitrogen and oxygen atoms in total. The predicted octanol–water partition coefficient (Wildman–Crippen LogP) is -0.229. The van der Waals surface area contributed by atoms with Crippen LogP contribution >= 0.6 is 23.5 Å². The lowest BCUT2D eigenvalue weighted by Gasteiger charge is -2.19. The van der Waals surface area contributed by atoms with Crippen LogP contribution in [0.3, 0.4) is 0 Å². The predicted molar refractivity (Wildman–Crippen MR) is 89.0 cm³/mol. The largest absolute Gasteiger partial charge is 0.555 e. The fourth-order valence-corrected chi connectivity index (χ4v) is 5.31. The van der Waals surface area contributed by atoms with Gasteiger partial charge in [-0.2, -0.15) is 8.62 Å². The first-order valence-corrected chi connectivity index (χ1v) is 12.0. The second kappa shape index (κ2) is 7.96. The average Bonchev–Trinajstić information content (AvgIpc) is 2.90. The van der Waals surface area contributed by atoms with Gasteiger partial charge in [-0.3, -0.25) is 14.3 Å². The zero-order valence-electron chi connectivity index (χ0n) is 14.3. The van der Waals surface area contributed by atoms with Crippen molar-refractivity contribution in [1.29, 1.82) is 0 Å². The molecule has 18 heteroatoms. The number of nitrogens with zero attached hydrogens (tertiary/aromatic N) is 2. The van der Waals surface area contributed by atoms with Gasteiger partial charge in [-0.1, -0.05) is 4.73 Å². The Labute approximate surface area is 156 Å². The molecule has 0 spiro atoms. The minimum atomic E-state index is -5.81. The lowest BCUT2D eigenvalue weighted by molar-refractivity contribution is 0.00370. The van der Waals surface area contributed by atoms with Crippen LogP contribution in [0.25, 0.3) is 0 Å². The van der Waals surface area contributed by atoms with Crippen LogP contribution in [-0.4, -0.2) is 35.0 Å². The molecule has 4 N–H and O–H groups in total. The first-order valence-electron chi connectivity index (χ1n) is 7.44. The normalized spacial score (nSPS) is 24.5. The van der Waals surface area contributed by atoms with Crippen molar-refractivity contribution in [3.63, 3.8) is 0 Å². The number of phosphoric acid groups is 3. The van der Waals surface area contributed by atoms with Gasteiger partial charge in [-0.25, -0.2) is 18.5 Å². The summed E-state index contributed by atoms with van der Waals surface area (Å²) in [5, 5.41) is 0. The van der Waals surface area contributed by atoms with Crippen LogP contribution < -0.4 is 15.9 Å². The zero-order valence-corrected chi connectivity index (χ0v) is 17.0. The lowest BCUT2D eigenvalue weighted by atomic mass is 10.2. The second-order valence-corrected chi connectivity index (χ2v) is 10.1. The third-order valence-electron chi connectivity index (χ3n) is 3.37. The van der Waals surface area contributed by atoms with Crippen molar-refractivity contribution in [1.82, 2.24) is 9.30 Å². The summed E-state index contributed by atoms with van der Waals surface area (Å²) in [5.74, 6) is 0. The first kappa shape index (κ1) is 23.2. The zero-order chi connectivity index (χ0) is 21.5. The maximum Gasteiger partial charge on any atom is 0.555 e. The Morgan fingerprint density at radius 1 is 1.07 bits per heavy atom. The number of ether oxygens (including phenoxy) is 1. The maximum atomic E-state index is 12.5. The van der Waals surface area contributed by atoms with Gasteiger partial charge in [0.05, 0.1) is 6.10 Å². The molecular formula is C10H17N2O13P3. The van der Waals surface area contributed by atoms with E-state index in [1.807, 2.05) is 0 Å². The summed E-state index contributed by atoms with van der Waals surface area (Å²) in [4.78, 5) is 60.2. The SMILES string of the molecule is Cc1cn([C@H]2CC[C@@H](C)O2)c(=O)n(OP(=O)(O)OP(=O)(O)OP(=O)(O)O)c1=O. The summed E-state index contributed by atoms with van der Waals surface area (Å²) < 4.78 is 51.4. The lowest BCUT2D eigenvalue weighted by Crippen LogP contribution is -2.44. The topological polar surface area (TPSA) is 213 Å². The van der Waals surface area contributed by atoms with Crippen molar-refractivity contribution >= 4 is 23.5 Å². The van der Waals surface area contributed by atoms with Crippen LogP contribution in [0, 0.1) is 6.92 Å². The van der Waals surface area contributed by atoms with Crippen LogP contribution in [0.2, 0.25) is 0 Å². The van der Waals surface area contributed by atoms with Crippen LogP contribution in [0.1, 0.15) is 31.6 Å². The Morgan fingerprint density at radius 2 is 1.68 bits per heavy atom. The molecule has 2 rings (SSSR count). The molecule has 1 aromatic rings. The Balaban J connectivity index is 2.37. The fourth-order valence-electron chi connectivity index (χ4n) is 2.33. The summed E-state index contributed by atoms with van der Waals surface area (Å²) in [6.07, 6.45) is 1.16. The number of aromatic nitrogens is 2. The number of aryl methyl sites for hydroxylation is 1. The molecule has 0 radical (unpaired) electrons. The maximum absolute atomic E-state index is 12.5. The highest BCUT2D eigenvalue weighted by Gasteiger charge is 2.42. The van der Waals surface area contributed by atoms with Crippen LogP contribution in [0.4, 0.5) is 0 Å². The first-order chi connectivity index (χ1) is 12.6. The van der Waals surface area contributed by atoms with Crippen LogP contribution in [0.15, 0.2) is 15.8 Å². The Morgan fingerprint density at radius 3 is 2.18 bits per heavy atom. The summed E-state index contributed by atoms with van der Waals surface area (Å²) in [5.41, 5.74) is -2.55. The van der Waals surface area contributed by atoms with Crippen molar-refractivity contribution in [2.75, 3.05) is 0 Å². The molecule has 0 aromatic carbocycles. The van der Waals surface area contributed by atoms with Gasteiger partial charge in [0.2, 0.25) is 0 Å².